The molecule has 6 nitrogen and oxygen atoms in total. The van der Waals surface area contributed by atoms with E-state index in [9.17, 15) is 26.4 Å². The number of hydrogen-bond acceptors (Lipinski definition) is 4. The molecule has 168 valence electrons. The highest BCUT2D eigenvalue weighted by molar-refractivity contribution is 7.93. The third-order valence-electron chi connectivity index (χ3n) is 5.47. The molecule has 1 saturated heterocycles. The molecule has 0 aliphatic carbocycles. The van der Waals surface area contributed by atoms with Crippen molar-refractivity contribution in [2.75, 3.05) is 22.0 Å². The Hall–Kier alpha value is -3.14. The van der Waals surface area contributed by atoms with Crippen LogP contribution in [0.15, 0.2) is 54.6 Å². The number of nitrogens with zero attached hydrogens (tertiary/aromatic N) is 3. The van der Waals surface area contributed by atoms with E-state index in [1.54, 1.807) is 12.1 Å². The van der Waals surface area contributed by atoms with E-state index in [2.05, 4.69) is 4.98 Å². The molecule has 1 atom stereocenters. The molecule has 4 rings (SSSR count). The van der Waals surface area contributed by atoms with Crippen LogP contribution in [0.2, 0.25) is 0 Å². The van der Waals surface area contributed by atoms with Gasteiger partial charge in [-0.3, -0.25) is 4.79 Å². The van der Waals surface area contributed by atoms with Crippen LogP contribution in [0.4, 0.5) is 24.7 Å². The number of carbonyl (C=O) groups is 1. The van der Waals surface area contributed by atoms with Gasteiger partial charge in [-0.15, -0.1) is 0 Å². The molecule has 32 heavy (non-hydrogen) atoms. The van der Waals surface area contributed by atoms with Crippen LogP contribution >= 0.6 is 0 Å². The van der Waals surface area contributed by atoms with Gasteiger partial charge in [0, 0.05) is 18.1 Å². The van der Waals surface area contributed by atoms with Crippen molar-refractivity contribution < 1.29 is 26.4 Å². The van der Waals surface area contributed by atoms with Crippen LogP contribution in [0.25, 0.3) is 10.8 Å². The fourth-order valence-corrected chi connectivity index (χ4v) is 5.65. The highest BCUT2D eigenvalue weighted by Gasteiger charge is 2.44. The minimum Gasteiger partial charge on any atom is -0.313 e. The Balaban J connectivity index is 1.76. The summed E-state index contributed by atoms with van der Waals surface area (Å²) >= 11 is 0. The number of sulfonamides is 1. The second-order valence-corrected chi connectivity index (χ2v) is 9.63. The smallest absolute Gasteiger partial charge is 0.313 e. The number of pyridine rings is 1. The van der Waals surface area contributed by atoms with Crippen molar-refractivity contribution in [3.63, 3.8) is 0 Å². The molecule has 0 N–H and O–H groups in total. The molecule has 0 saturated carbocycles. The minimum atomic E-state index is -4.68. The van der Waals surface area contributed by atoms with Gasteiger partial charge in [0.05, 0.1) is 17.0 Å². The van der Waals surface area contributed by atoms with Gasteiger partial charge < -0.3 is 4.90 Å². The van der Waals surface area contributed by atoms with Crippen molar-refractivity contribution in [3.05, 3.63) is 65.9 Å². The standard InChI is InChI=1S/C22H20F3N3O3S/c1-14-12-16(22(23,24)25)13-20(26-14)28-19(10-11-32(28,30)31)21(29)27(2)18-9-5-7-15-6-3-4-8-17(15)18/h3-9,12-13,19H,10-11H2,1-2H3/t19-/m0/s1. The second kappa shape index (κ2) is 7.77. The number of halogens is 3. The third kappa shape index (κ3) is 3.90. The van der Waals surface area contributed by atoms with E-state index in [1.165, 1.54) is 18.9 Å². The predicted octanol–water partition coefficient (Wildman–Crippen LogP) is 4.13. The summed E-state index contributed by atoms with van der Waals surface area (Å²) in [7, 11) is -2.49. The van der Waals surface area contributed by atoms with Gasteiger partial charge in [-0.25, -0.2) is 17.7 Å². The zero-order valence-corrected chi connectivity index (χ0v) is 18.1. The normalized spacial score (nSPS) is 18.2. The number of benzene rings is 2. The van der Waals surface area contributed by atoms with Gasteiger partial charge in [0.15, 0.2) is 0 Å². The zero-order valence-electron chi connectivity index (χ0n) is 17.3. The molecule has 2 heterocycles. The summed E-state index contributed by atoms with van der Waals surface area (Å²) in [4.78, 5) is 18.8. The molecule has 1 aliphatic rings. The number of aromatic nitrogens is 1. The van der Waals surface area contributed by atoms with Gasteiger partial charge in [0.25, 0.3) is 5.91 Å². The average molecular weight is 463 g/mol. The van der Waals surface area contributed by atoms with Crippen LogP contribution < -0.4 is 9.21 Å². The van der Waals surface area contributed by atoms with Crippen LogP contribution in [0.3, 0.4) is 0 Å². The Morgan fingerprint density at radius 1 is 1.12 bits per heavy atom. The van der Waals surface area contributed by atoms with Gasteiger partial charge in [-0.2, -0.15) is 13.2 Å². The largest absolute Gasteiger partial charge is 0.416 e. The van der Waals surface area contributed by atoms with E-state index in [1.807, 2.05) is 30.3 Å². The topological polar surface area (TPSA) is 70.6 Å². The van der Waals surface area contributed by atoms with E-state index >= 15 is 0 Å². The fourth-order valence-electron chi connectivity index (χ4n) is 3.97. The van der Waals surface area contributed by atoms with E-state index in [0.717, 1.165) is 21.1 Å². The van der Waals surface area contributed by atoms with E-state index in [-0.39, 0.29) is 17.9 Å². The molecule has 1 fully saturated rings. The zero-order chi connectivity index (χ0) is 23.3. The van der Waals surface area contributed by atoms with E-state index in [0.29, 0.717) is 11.8 Å². The summed E-state index contributed by atoms with van der Waals surface area (Å²) in [5.74, 6) is -1.30. The molecule has 2 aromatic carbocycles. The Morgan fingerprint density at radius 3 is 2.53 bits per heavy atom. The molecule has 0 spiro atoms. The predicted molar refractivity (Wildman–Crippen MR) is 116 cm³/mol. The summed E-state index contributed by atoms with van der Waals surface area (Å²) in [6.45, 7) is 1.35. The molecule has 3 aromatic rings. The summed E-state index contributed by atoms with van der Waals surface area (Å²) in [5, 5.41) is 1.70. The van der Waals surface area contributed by atoms with Crippen molar-refractivity contribution in [2.45, 2.75) is 25.6 Å². The number of likely N-dealkylation sites (N-methyl/N-ethyl adjacent to an activating group) is 1. The quantitative estimate of drug-likeness (QED) is 0.586. The van der Waals surface area contributed by atoms with Gasteiger partial charge in [0.1, 0.15) is 11.9 Å². The SMILES string of the molecule is Cc1cc(C(F)(F)F)cc(N2[C@H](C(=O)N(C)c3cccc4ccccc34)CCS2(=O)=O)n1. The number of alkyl halides is 3. The van der Waals surface area contributed by atoms with Crippen LogP contribution in [-0.2, 0) is 21.0 Å². The Morgan fingerprint density at radius 2 is 1.81 bits per heavy atom. The van der Waals surface area contributed by atoms with Crippen LogP contribution in [-0.4, -0.2) is 38.2 Å². The number of fused-ring (bicyclic) bond motifs is 1. The van der Waals surface area contributed by atoms with E-state index < -0.39 is 39.5 Å². The first kappa shape index (κ1) is 22.1. The lowest BCUT2D eigenvalue weighted by Crippen LogP contribution is -2.46. The highest BCUT2D eigenvalue weighted by Crippen LogP contribution is 2.36. The van der Waals surface area contributed by atoms with Gasteiger partial charge in [0.2, 0.25) is 10.0 Å². The Kier molecular flexibility index (Phi) is 5.36. The second-order valence-electron chi connectivity index (χ2n) is 7.66. The molecule has 1 aromatic heterocycles. The molecule has 0 radical (unpaired) electrons. The molecular formula is C22H20F3N3O3S. The maximum atomic E-state index is 13.4. The molecule has 0 bridgehead atoms. The molecule has 0 unspecified atom stereocenters. The molecule has 1 aliphatic heterocycles. The number of aryl methyl sites for hydroxylation is 1. The number of amides is 1. The maximum Gasteiger partial charge on any atom is 0.416 e. The highest BCUT2D eigenvalue weighted by atomic mass is 32.2. The number of carbonyl (C=O) groups excluding carboxylic acids is 1. The monoisotopic (exact) mass is 463 g/mol. The van der Waals surface area contributed by atoms with Crippen molar-refractivity contribution >= 4 is 38.2 Å². The van der Waals surface area contributed by atoms with Crippen molar-refractivity contribution in [1.82, 2.24) is 4.98 Å². The van der Waals surface area contributed by atoms with Crippen molar-refractivity contribution in [3.8, 4) is 0 Å². The number of anilines is 2. The summed E-state index contributed by atoms with van der Waals surface area (Å²) < 4.78 is 66.2. The van der Waals surface area contributed by atoms with Crippen LogP contribution in [0.5, 0.6) is 0 Å². The van der Waals surface area contributed by atoms with Gasteiger partial charge in [-0.05, 0) is 36.9 Å². The lowest BCUT2D eigenvalue weighted by molar-refractivity contribution is -0.137. The fraction of sp³-hybridized carbons (Fsp3) is 0.273. The Bertz CT molecular complexity index is 1300. The Labute approximate surface area is 183 Å². The summed E-state index contributed by atoms with van der Waals surface area (Å²) in [6, 6.07) is 13.1. The maximum absolute atomic E-state index is 13.4. The van der Waals surface area contributed by atoms with Crippen LogP contribution in [0, 0.1) is 6.92 Å². The van der Waals surface area contributed by atoms with Crippen molar-refractivity contribution in [1.29, 1.82) is 0 Å². The van der Waals surface area contributed by atoms with E-state index in [4.69, 9.17) is 0 Å². The van der Waals surface area contributed by atoms with Gasteiger partial charge >= 0.3 is 6.18 Å². The average Bonchev–Trinajstić information content (AvgIpc) is 3.06. The van der Waals surface area contributed by atoms with Crippen LogP contribution in [0.1, 0.15) is 17.7 Å². The minimum absolute atomic E-state index is 0.00512. The lowest BCUT2D eigenvalue weighted by atomic mass is 10.1. The lowest BCUT2D eigenvalue weighted by Gasteiger charge is -2.28. The first-order valence-corrected chi connectivity index (χ1v) is 11.4. The first-order chi connectivity index (χ1) is 15.0. The van der Waals surface area contributed by atoms with Gasteiger partial charge in [-0.1, -0.05) is 36.4 Å². The molecule has 1 amide bonds. The van der Waals surface area contributed by atoms with Crippen molar-refractivity contribution in [2.24, 2.45) is 0 Å². The summed E-state index contributed by atoms with van der Waals surface area (Å²) in [6.07, 6.45) is -4.72. The first-order valence-electron chi connectivity index (χ1n) is 9.82. The number of rotatable bonds is 3. The molecular weight excluding hydrogens is 443 g/mol. The third-order valence-corrected chi connectivity index (χ3v) is 7.26. The molecule has 10 heteroatoms. The summed E-state index contributed by atoms with van der Waals surface area (Å²) in [5.41, 5.74) is -0.438. The number of hydrogen-bond donors (Lipinski definition) is 0.